The van der Waals surface area contributed by atoms with Gasteiger partial charge in [-0.1, -0.05) is 0 Å². The van der Waals surface area contributed by atoms with Gasteiger partial charge >= 0.3 is 0 Å². The van der Waals surface area contributed by atoms with Crippen molar-refractivity contribution in [1.82, 2.24) is 4.90 Å². The van der Waals surface area contributed by atoms with E-state index in [1.807, 2.05) is 11.3 Å². The lowest BCUT2D eigenvalue weighted by atomic mass is 10.3. The molecule has 2 aromatic heterocycles. The summed E-state index contributed by atoms with van der Waals surface area (Å²) in [5.41, 5.74) is 2.77. The molecule has 2 heterocycles. The van der Waals surface area contributed by atoms with E-state index >= 15 is 0 Å². The van der Waals surface area contributed by atoms with Crippen LogP contribution >= 0.6 is 38.6 Å². The number of nitrogens with zero attached hydrogens (tertiary/aromatic N) is 1. The van der Waals surface area contributed by atoms with Gasteiger partial charge in [0.05, 0.1) is 24.4 Å². The molecule has 0 atom stereocenters. The van der Waals surface area contributed by atoms with E-state index in [1.54, 1.807) is 11.3 Å². The van der Waals surface area contributed by atoms with Crippen LogP contribution in [0.2, 0.25) is 0 Å². The normalized spacial score (nSPS) is 11.7. The second kappa shape index (κ2) is 7.71. The molecule has 0 amide bonds. The molecule has 20 heavy (non-hydrogen) atoms. The van der Waals surface area contributed by atoms with Crippen LogP contribution in [0, 0.1) is 6.92 Å². The Kier molecular flexibility index (Phi) is 6.23. The standard InChI is InChI=1S/C15H21BrN2S2/c1-12-8-14(20-15(12)16)10-18(6-5-17(2)3)9-13-4-7-19-11-13/h4,7-8,11H,5-6,9-10H2,1-3H3/p+1. The Balaban J connectivity index is 2.01. The lowest BCUT2D eigenvalue weighted by molar-refractivity contribution is -0.857. The monoisotopic (exact) mass is 373 g/mol. The van der Waals surface area contributed by atoms with Crippen LogP contribution in [0.25, 0.3) is 0 Å². The Morgan fingerprint density at radius 3 is 2.65 bits per heavy atom. The predicted octanol–water partition coefficient (Wildman–Crippen LogP) is 3.03. The summed E-state index contributed by atoms with van der Waals surface area (Å²) in [7, 11) is 4.43. The molecule has 0 saturated carbocycles. The second-order valence-electron chi connectivity index (χ2n) is 5.47. The molecular formula is C15H22BrN2S2+. The summed E-state index contributed by atoms with van der Waals surface area (Å²) < 4.78 is 1.27. The first-order chi connectivity index (χ1) is 9.54. The van der Waals surface area contributed by atoms with Crippen molar-refractivity contribution in [3.63, 3.8) is 0 Å². The summed E-state index contributed by atoms with van der Waals surface area (Å²) >= 11 is 7.27. The van der Waals surface area contributed by atoms with Crippen molar-refractivity contribution in [3.05, 3.63) is 42.7 Å². The molecule has 0 aliphatic rings. The number of hydrogen-bond donors (Lipinski definition) is 1. The molecule has 0 aliphatic heterocycles. The highest BCUT2D eigenvalue weighted by atomic mass is 79.9. The fraction of sp³-hybridized carbons (Fsp3) is 0.467. The number of quaternary nitrogens is 1. The van der Waals surface area contributed by atoms with Crippen molar-refractivity contribution in [2.45, 2.75) is 20.0 Å². The summed E-state index contributed by atoms with van der Waals surface area (Å²) in [6.45, 7) is 6.56. The van der Waals surface area contributed by atoms with E-state index in [2.05, 4.69) is 64.7 Å². The van der Waals surface area contributed by atoms with Gasteiger partial charge in [-0.2, -0.15) is 11.3 Å². The average Bonchev–Trinajstić information content (AvgIpc) is 2.98. The zero-order chi connectivity index (χ0) is 14.5. The van der Waals surface area contributed by atoms with Crippen LogP contribution in [-0.2, 0) is 13.1 Å². The summed E-state index contributed by atoms with van der Waals surface area (Å²) in [5.74, 6) is 0. The van der Waals surface area contributed by atoms with Crippen LogP contribution in [0.1, 0.15) is 16.0 Å². The maximum Gasteiger partial charge on any atom is 0.0896 e. The SMILES string of the molecule is Cc1cc(CN(CC[NH+](C)C)Cc2ccsc2)sc1Br. The molecular weight excluding hydrogens is 352 g/mol. The van der Waals surface area contributed by atoms with Gasteiger partial charge in [-0.25, -0.2) is 0 Å². The fourth-order valence-electron chi connectivity index (χ4n) is 2.06. The second-order valence-corrected chi connectivity index (χ2v) is 8.70. The van der Waals surface area contributed by atoms with Crippen molar-refractivity contribution < 1.29 is 4.90 Å². The zero-order valence-corrected chi connectivity index (χ0v) is 15.5. The molecule has 0 fully saturated rings. The minimum Gasteiger partial charge on any atom is -0.339 e. The van der Waals surface area contributed by atoms with Gasteiger partial charge in [0.15, 0.2) is 0 Å². The molecule has 2 aromatic rings. The summed E-state index contributed by atoms with van der Waals surface area (Å²) in [6, 6.07) is 4.54. The first-order valence-corrected chi connectivity index (χ1v) is 9.37. The minimum absolute atomic E-state index is 1.04. The molecule has 0 aliphatic carbocycles. The summed E-state index contributed by atoms with van der Waals surface area (Å²) in [6.07, 6.45) is 0. The Labute approximate surface area is 138 Å². The number of halogens is 1. The third kappa shape index (κ3) is 4.97. The van der Waals surface area contributed by atoms with Crippen LogP contribution < -0.4 is 4.90 Å². The van der Waals surface area contributed by atoms with Crippen LogP contribution in [0.4, 0.5) is 0 Å². The smallest absolute Gasteiger partial charge is 0.0896 e. The topological polar surface area (TPSA) is 7.68 Å². The zero-order valence-electron chi connectivity index (χ0n) is 12.3. The van der Waals surface area contributed by atoms with Crippen molar-refractivity contribution in [2.24, 2.45) is 0 Å². The van der Waals surface area contributed by atoms with Crippen LogP contribution in [0.5, 0.6) is 0 Å². The lowest BCUT2D eigenvalue weighted by Crippen LogP contribution is -3.06. The highest BCUT2D eigenvalue weighted by Crippen LogP contribution is 2.28. The van der Waals surface area contributed by atoms with Gasteiger partial charge in [0, 0.05) is 24.5 Å². The Hall–Kier alpha value is -0.200. The molecule has 1 N–H and O–H groups in total. The molecule has 2 nitrogen and oxygen atoms in total. The van der Waals surface area contributed by atoms with Gasteiger partial charge in [-0.05, 0) is 56.9 Å². The molecule has 2 rings (SSSR count). The summed E-state index contributed by atoms with van der Waals surface area (Å²) in [4.78, 5) is 5.49. The third-order valence-corrected chi connectivity index (χ3v) is 6.06. The molecule has 0 unspecified atom stereocenters. The van der Waals surface area contributed by atoms with Gasteiger partial charge < -0.3 is 4.90 Å². The van der Waals surface area contributed by atoms with Gasteiger partial charge in [0.25, 0.3) is 0 Å². The van der Waals surface area contributed by atoms with Gasteiger partial charge in [0.2, 0.25) is 0 Å². The quantitative estimate of drug-likeness (QED) is 0.783. The fourth-order valence-corrected chi connectivity index (χ4v) is 4.39. The number of nitrogens with one attached hydrogen (secondary N) is 1. The summed E-state index contributed by atoms with van der Waals surface area (Å²) in [5, 5.41) is 4.42. The van der Waals surface area contributed by atoms with E-state index in [0.717, 1.165) is 19.6 Å². The molecule has 0 spiro atoms. The Morgan fingerprint density at radius 1 is 1.30 bits per heavy atom. The van der Waals surface area contributed by atoms with E-state index in [-0.39, 0.29) is 0 Å². The van der Waals surface area contributed by atoms with Crippen molar-refractivity contribution in [1.29, 1.82) is 0 Å². The first-order valence-electron chi connectivity index (χ1n) is 6.82. The van der Waals surface area contributed by atoms with Gasteiger partial charge in [-0.15, -0.1) is 11.3 Å². The molecule has 0 aromatic carbocycles. The molecule has 110 valence electrons. The van der Waals surface area contributed by atoms with Crippen LogP contribution in [-0.4, -0.2) is 32.1 Å². The van der Waals surface area contributed by atoms with E-state index in [4.69, 9.17) is 0 Å². The van der Waals surface area contributed by atoms with Crippen LogP contribution in [0.3, 0.4) is 0 Å². The van der Waals surface area contributed by atoms with E-state index in [1.165, 1.54) is 31.2 Å². The van der Waals surface area contributed by atoms with Crippen molar-refractivity contribution >= 4 is 38.6 Å². The Bertz CT molecular complexity index is 500. The average molecular weight is 374 g/mol. The van der Waals surface area contributed by atoms with E-state index in [0.29, 0.717) is 0 Å². The Morgan fingerprint density at radius 2 is 2.10 bits per heavy atom. The molecule has 5 heteroatoms. The van der Waals surface area contributed by atoms with Gasteiger partial charge in [0.1, 0.15) is 0 Å². The molecule has 0 bridgehead atoms. The first kappa shape index (κ1) is 16.2. The number of rotatable bonds is 7. The van der Waals surface area contributed by atoms with Crippen LogP contribution in [0.15, 0.2) is 26.7 Å². The number of aryl methyl sites for hydroxylation is 1. The maximum absolute atomic E-state index is 3.63. The minimum atomic E-state index is 1.04. The molecule has 0 radical (unpaired) electrons. The third-order valence-electron chi connectivity index (χ3n) is 3.20. The largest absolute Gasteiger partial charge is 0.339 e. The predicted molar refractivity (Wildman–Crippen MR) is 92.9 cm³/mol. The number of thiophene rings is 2. The van der Waals surface area contributed by atoms with Gasteiger partial charge in [-0.3, -0.25) is 4.90 Å². The maximum atomic E-state index is 3.63. The highest BCUT2D eigenvalue weighted by Gasteiger charge is 2.12. The van der Waals surface area contributed by atoms with E-state index in [9.17, 15) is 0 Å². The highest BCUT2D eigenvalue weighted by molar-refractivity contribution is 9.11. The van der Waals surface area contributed by atoms with Crippen molar-refractivity contribution in [3.8, 4) is 0 Å². The van der Waals surface area contributed by atoms with E-state index < -0.39 is 0 Å². The molecule has 0 saturated heterocycles. The number of hydrogen-bond acceptors (Lipinski definition) is 3. The lowest BCUT2D eigenvalue weighted by Gasteiger charge is -2.21. The number of likely N-dealkylation sites (N-methyl/N-ethyl adjacent to an activating group) is 1. The van der Waals surface area contributed by atoms with Crippen molar-refractivity contribution in [2.75, 3.05) is 27.2 Å².